The molecule has 1 rings (SSSR count). The molecule has 118 valence electrons. The van der Waals surface area contributed by atoms with E-state index in [0.717, 1.165) is 18.8 Å². The summed E-state index contributed by atoms with van der Waals surface area (Å²) >= 11 is 0. The molecule has 0 aromatic heterocycles. The van der Waals surface area contributed by atoms with Crippen molar-refractivity contribution in [2.75, 3.05) is 6.61 Å². The summed E-state index contributed by atoms with van der Waals surface area (Å²) in [4.78, 5) is 11.6. The van der Waals surface area contributed by atoms with Gasteiger partial charge in [-0.25, -0.2) is 0 Å². The molecule has 0 aliphatic heterocycles. The van der Waals surface area contributed by atoms with Gasteiger partial charge in [-0.05, 0) is 25.2 Å². The van der Waals surface area contributed by atoms with Gasteiger partial charge in [0.1, 0.15) is 0 Å². The molecule has 0 heterocycles. The molecule has 0 aromatic rings. The maximum Gasteiger partial charge on any atom is 0.305 e. The average molecular weight is 282 g/mol. The van der Waals surface area contributed by atoms with Gasteiger partial charge in [-0.2, -0.15) is 0 Å². The van der Waals surface area contributed by atoms with Gasteiger partial charge in [-0.15, -0.1) is 0 Å². The second-order valence-electron chi connectivity index (χ2n) is 6.38. The molecule has 0 spiro atoms. The molecule has 0 amide bonds. The zero-order valence-corrected chi connectivity index (χ0v) is 13.5. The van der Waals surface area contributed by atoms with E-state index in [9.17, 15) is 4.79 Å². The summed E-state index contributed by atoms with van der Waals surface area (Å²) < 4.78 is 5.30. The summed E-state index contributed by atoms with van der Waals surface area (Å²) in [5.41, 5.74) is 0. The highest BCUT2D eigenvalue weighted by molar-refractivity contribution is 5.69. The van der Waals surface area contributed by atoms with Crippen molar-refractivity contribution < 1.29 is 9.53 Å². The zero-order chi connectivity index (χ0) is 14.5. The van der Waals surface area contributed by atoms with Crippen molar-refractivity contribution in [1.82, 2.24) is 0 Å². The summed E-state index contributed by atoms with van der Waals surface area (Å²) in [6.45, 7) is 2.86. The van der Waals surface area contributed by atoms with Crippen LogP contribution >= 0.6 is 0 Å². The van der Waals surface area contributed by atoms with Gasteiger partial charge in [-0.3, -0.25) is 4.79 Å². The van der Waals surface area contributed by atoms with Crippen LogP contribution in [0.4, 0.5) is 0 Å². The summed E-state index contributed by atoms with van der Waals surface area (Å²) in [6, 6.07) is 0. The first-order valence-electron chi connectivity index (χ1n) is 8.98. The molecule has 1 aliphatic rings. The lowest BCUT2D eigenvalue weighted by Gasteiger charge is -2.20. The molecule has 0 N–H and O–H groups in total. The number of hydrogen-bond acceptors (Lipinski definition) is 2. The molecular weight excluding hydrogens is 248 g/mol. The second-order valence-corrected chi connectivity index (χ2v) is 6.38. The third-order valence-electron chi connectivity index (χ3n) is 4.48. The molecule has 0 aromatic carbocycles. The molecule has 0 unspecified atom stereocenters. The third-order valence-corrected chi connectivity index (χ3v) is 4.48. The summed E-state index contributed by atoms with van der Waals surface area (Å²) in [7, 11) is 0. The SMILES string of the molecule is CCCCCCCCOC(=O)CCCC1CCCCC1. The van der Waals surface area contributed by atoms with E-state index >= 15 is 0 Å². The van der Waals surface area contributed by atoms with Gasteiger partial charge < -0.3 is 4.74 Å². The predicted octanol–water partition coefficient (Wildman–Crippen LogP) is 5.64. The van der Waals surface area contributed by atoms with Gasteiger partial charge >= 0.3 is 5.97 Å². The number of carbonyl (C=O) groups is 1. The molecular formula is C18H34O2. The van der Waals surface area contributed by atoms with Crippen molar-refractivity contribution in [2.24, 2.45) is 5.92 Å². The van der Waals surface area contributed by atoms with Crippen LogP contribution in [0.15, 0.2) is 0 Å². The lowest BCUT2D eigenvalue weighted by atomic mass is 9.86. The lowest BCUT2D eigenvalue weighted by molar-refractivity contribution is -0.143. The molecule has 1 aliphatic carbocycles. The Bertz CT molecular complexity index is 232. The van der Waals surface area contributed by atoms with Crippen LogP contribution in [-0.4, -0.2) is 12.6 Å². The molecule has 0 radical (unpaired) electrons. The fourth-order valence-electron chi connectivity index (χ4n) is 3.15. The minimum absolute atomic E-state index is 0.0226. The highest BCUT2D eigenvalue weighted by atomic mass is 16.5. The molecule has 20 heavy (non-hydrogen) atoms. The van der Waals surface area contributed by atoms with Gasteiger partial charge in [0, 0.05) is 6.42 Å². The van der Waals surface area contributed by atoms with Crippen LogP contribution in [0.3, 0.4) is 0 Å². The van der Waals surface area contributed by atoms with Crippen molar-refractivity contribution in [3.8, 4) is 0 Å². The van der Waals surface area contributed by atoms with Crippen LogP contribution in [-0.2, 0) is 9.53 Å². The van der Waals surface area contributed by atoms with Gasteiger partial charge in [0.15, 0.2) is 0 Å². The van der Waals surface area contributed by atoms with Crippen molar-refractivity contribution in [3.63, 3.8) is 0 Å². The predicted molar refractivity (Wildman–Crippen MR) is 84.8 cm³/mol. The monoisotopic (exact) mass is 282 g/mol. The highest BCUT2D eigenvalue weighted by Gasteiger charge is 2.13. The average Bonchev–Trinajstić information content (AvgIpc) is 2.47. The summed E-state index contributed by atoms with van der Waals surface area (Å²) in [6.07, 6.45) is 17.3. The van der Waals surface area contributed by atoms with E-state index in [1.807, 2.05) is 0 Å². The smallest absolute Gasteiger partial charge is 0.305 e. The quantitative estimate of drug-likeness (QED) is 0.362. The van der Waals surface area contributed by atoms with E-state index in [1.54, 1.807) is 0 Å². The Balaban J connectivity index is 1.85. The normalized spacial score (nSPS) is 16.2. The van der Waals surface area contributed by atoms with Gasteiger partial charge in [-0.1, -0.05) is 71.1 Å². The Hall–Kier alpha value is -0.530. The minimum atomic E-state index is 0.0226. The first-order chi connectivity index (χ1) is 9.83. The molecule has 1 saturated carbocycles. The lowest BCUT2D eigenvalue weighted by Crippen LogP contribution is -2.09. The Kier molecular flexibility index (Phi) is 10.7. The Morgan fingerprint density at radius 3 is 2.40 bits per heavy atom. The van der Waals surface area contributed by atoms with Gasteiger partial charge in [0.2, 0.25) is 0 Å². The maximum absolute atomic E-state index is 11.6. The van der Waals surface area contributed by atoms with Crippen LogP contribution in [0, 0.1) is 5.92 Å². The molecule has 1 fully saturated rings. The van der Waals surface area contributed by atoms with E-state index in [0.29, 0.717) is 13.0 Å². The van der Waals surface area contributed by atoms with E-state index in [2.05, 4.69) is 6.92 Å². The number of carbonyl (C=O) groups excluding carboxylic acids is 1. The van der Waals surface area contributed by atoms with Crippen LogP contribution < -0.4 is 0 Å². The van der Waals surface area contributed by atoms with Crippen LogP contribution in [0.1, 0.15) is 96.8 Å². The first kappa shape index (κ1) is 17.5. The topological polar surface area (TPSA) is 26.3 Å². The highest BCUT2D eigenvalue weighted by Crippen LogP contribution is 2.27. The van der Waals surface area contributed by atoms with Crippen molar-refractivity contribution in [2.45, 2.75) is 96.8 Å². The van der Waals surface area contributed by atoms with E-state index < -0.39 is 0 Å². The molecule has 0 atom stereocenters. The number of rotatable bonds is 11. The molecule has 2 heteroatoms. The van der Waals surface area contributed by atoms with Crippen molar-refractivity contribution >= 4 is 5.97 Å². The second kappa shape index (κ2) is 12.2. The first-order valence-corrected chi connectivity index (χ1v) is 8.98. The van der Waals surface area contributed by atoms with Crippen molar-refractivity contribution in [3.05, 3.63) is 0 Å². The molecule has 2 nitrogen and oxygen atoms in total. The minimum Gasteiger partial charge on any atom is -0.466 e. The summed E-state index contributed by atoms with van der Waals surface area (Å²) in [5.74, 6) is 0.907. The van der Waals surface area contributed by atoms with Crippen LogP contribution in [0.25, 0.3) is 0 Å². The number of esters is 1. The van der Waals surface area contributed by atoms with Gasteiger partial charge in [0.05, 0.1) is 6.61 Å². The van der Waals surface area contributed by atoms with E-state index in [4.69, 9.17) is 4.74 Å². The Morgan fingerprint density at radius 1 is 0.950 bits per heavy atom. The van der Waals surface area contributed by atoms with Crippen LogP contribution in [0.2, 0.25) is 0 Å². The standard InChI is InChI=1S/C18H34O2/c1-2-3-4-5-6-10-16-20-18(19)15-11-14-17-12-8-7-9-13-17/h17H,2-16H2,1H3. The summed E-state index contributed by atoms with van der Waals surface area (Å²) in [5, 5.41) is 0. The van der Waals surface area contributed by atoms with Crippen molar-refractivity contribution in [1.29, 1.82) is 0 Å². The fourth-order valence-corrected chi connectivity index (χ4v) is 3.15. The van der Waals surface area contributed by atoms with Gasteiger partial charge in [0.25, 0.3) is 0 Å². The number of ether oxygens (including phenoxy) is 1. The van der Waals surface area contributed by atoms with E-state index in [-0.39, 0.29) is 5.97 Å². The fraction of sp³-hybridized carbons (Fsp3) is 0.944. The Morgan fingerprint density at radius 2 is 1.65 bits per heavy atom. The third kappa shape index (κ3) is 9.39. The number of unbranched alkanes of at least 4 members (excludes halogenated alkanes) is 5. The Labute approximate surface area is 125 Å². The molecule has 0 saturated heterocycles. The number of hydrogen-bond donors (Lipinski definition) is 0. The van der Waals surface area contributed by atoms with Crippen LogP contribution in [0.5, 0.6) is 0 Å². The molecule has 0 bridgehead atoms. The largest absolute Gasteiger partial charge is 0.466 e. The zero-order valence-electron chi connectivity index (χ0n) is 13.5. The maximum atomic E-state index is 11.6. The van der Waals surface area contributed by atoms with E-state index in [1.165, 1.54) is 70.6 Å².